The molecule has 0 aromatic carbocycles. The van der Waals surface area contributed by atoms with E-state index in [-0.39, 0.29) is 12.0 Å². The monoisotopic (exact) mass is 292 g/mol. The van der Waals surface area contributed by atoms with Crippen LogP contribution in [0.15, 0.2) is 12.1 Å². The highest BCUT2D eigenvalue weighted by molar-refractivity contribution is 7.16. The molecule has 1 rings (SSSR count). The van der Waals surface area contributed by atoms with Gasteiger partial charge in [0.2, 0.25) is 0 Å². The highest BCUT2D eigenvalue weighted by Gasteiger charge is 2.27. The maximum Gasteiger partial charge on any atom is 0.411 e. The fourth-order valence-corrected chi connectivity index (χ4v) is 2.38. The Labute approximate surface area is 105 Å². The molecule has 0 saturated heterocycles. The summed E-state index contributed by atoms with van der Waals surface area (Å²) < 4.78 is 40.3. The fourth-order valence-electron chi connectivity index (χ4n) is 1.01. The van der Waals surface area contributed by atoms with E-state index in [4.69, 9.17) is 23.2 Å². The van der Waals surface area contributed by atoms with E-state index >= 15 is 0 Å². The molecule has 0 spiro atoms. The maximum absolute atomic E-state index is 11.7. The van der Waals surface area contributed by atoms with Crippen molar-refractivity contribution in [3.8, 4) is 0 Å². The third-order valence-corrected chi connectivity index (χ3v) is 3.61. The van der Waals surface area contributed by atoms with Gasteiger partial charge in [0.05, 0.1) is 9.71 Å². The Bertz CT molecular complexity index is 327. The van der Waals surface area contributed by atoms with Crippen LogP contribution in [0.3, 0.4) is 0 Å². The first-order chi connectivity index (χ1) is 7.38. The van der Waals surface area contributed by atoms with E-state index in [9.17, 15) is 13.2 Å². The van der Waals surface area contributed by atoms with Gasteiger partial charge < -0.3 is 4.74 Å². The lowest BCUT2D eigenvalue weighted by molar-refractivity contribution is -0.174. The van der Waals surface area contributed by atoms with Crippen molar-refractivity contribution < 1.29 is 17.9 Å². The summed E-state index contributed by atoms with van der Waals surface area (Å²) in [4.78, 5) is 0.835. The molecule has 16 heavy (non-hydrogen) atoms. The molecule has 1 nitrogen and oxygen atoms in total. The van der Waals surface area contributed by atoms with Crippen LogP contribution in [-0.2, 0) is 4.74 Å². The van der Waals surface area contributed by atoms with Crippen molar-refractivity contribution >= 4 is 34.5 Å². The molecule has 0 N–H and O–H groups in total. The lowest BCUT2D eigenvalue weighted by Crippen LogP contribution is -2.17. The van der Waals surface area contributed by atoms with Gasteiger partial charge in [0.15, 0.2) is 0 Å². The van der Waals surface area contributed by atoms with Gasteiger partial charge in [-0.2, -0.15) is 13.2 Å². The van der Waals surface area contributed by atoms with E-state index < -0.39 is 12.8 Å². The number of ether oxygens (including phenoxy) is 1. The summed E-state index contributed by atoms with van der Waals surface area (Å²) in [5, 5.41) is -0.356. The van der Waals surface area contributed by atoms with Gasteiger partial charge in [-0.15, -0.1) is 22.9 Å². The largest absolute Gasteiger partial charge is 0.411 e. The summed E-state index contributed by atoms with van der Waals surface area (Å²) in [6.07, 6.45) is -3.96. The smallest absolute Gasteiger partial charge is 0.372 e. The average molecular weight is 293 g/mol. The second-order valence-electron chi connectivity index (χ2n) is 3.07. The summed E-state index contributed by atoms with van der Waals surface area (Å²) >= 11 is 13.0. The molecular formula is C9H9Cl2F3OS. The van der Waals surface area contributed by atoms with Crippen molar-refractivity contribution in [1.29, 1.82) is 0 Å². The van der Waals surface area contributed by atoms with Gasteiger partial charge in [-0.1, -0.05) is 11.6 Å². The van der Waals surface area contributed by atoms with Crippen LogP contribution in [0.2, 0.25) is 4.34 Å². The number of hydrogen-bond donors (Lipinski definition) is 0. The van der Waals surface area contributed by atoms with Crippen molar-refractivity contribution in [2.75, 3.05) is 13.2 Å². The lowest BCUT2D eigenvalue weighted by atomic mass is 10.3. The van der Waals surface area contributed by atoms with Gasteiger partial charge in [0, 0.05) is 11.5 Å². The molecule has 7 heteroatoms. The second kappa shape index (κ2) is 6.10. The minimum absolute atomic E-state index is 0.0246. The number of alkyl halides is 4. The number of thiophene rings is 1. The molecular weight excluding hydrogens is 284 g/mol. The van der Waals surface area contributed by atoms with Crippen LogP contribution in [0.1, 0.15) is 16.7 Å². The Morgan fingerprint density at radius 1 is 1.38 bits per heavy atom. The SMILES string of the molecule is FC(F)(F)COCCC(Cl)c1ccc(Cl)s1. The highest BCUT2D eigenvalue weighted by Crippen LogP contribution is 2.32. The molecule has 0 radical (unpaired) electrons. The first kappa shape index (κ1) is 14.1. The topological polar surface area (TPSA) is 9.23 Å². The molecule has 0 bridgehead atoms. The van der Waals surface area contributed by atoms with Crippen LogP contribution < -0.4 is 0 Å². The third kappa shape index (κ3) is 5.39. The quantitative estimate of drug-likeness (QED) is 0.567. The van der Waals surface area contributed by atoms with Crippen molar-refractivity contribution in [2.45, 2.75) is 18.0 Å². The second-order valence-corrected chi connectivity index (χ2v) is 5.34. The van der Waals surface area contributed by atoms with Crippen LogP contribution in [-0.4, -0.2) is 19.4 Å². The normalized spacial score (nSPS) is 14.1. The van der Waals surface area contributed by atoms with Crippen LogP contribution in [0, 0.1) is 0 Å². The van der Waals surface area contributed by atoms with E-state index in [1.807, 2.05) is 0 Å². The van der Waals surface area contributed by atoms with Gasteiger partial charge in [0.1, 0.15) is 6.61 Å². The molecule has 0 saturated carbocycles. The molecule has 1 aromatic heterocycles. The van der Waals surface area contributed by atoms with Crippen LogP contribution in [0.25, 0.3) is 0 Å². The van der Waals surface area contributed by atoms with Crippen molar-refractivity contribution in [3.05, 3.63) is 21.3 Å². The molecule has 1 atom stereocenters. The molecule has 0 amide bonds. The Hall–Kier alpha value is 0.0300. The molecule has 0 aliphatic rings. The molecule has 0 aliphatic heterocycles. The Morgan fingerprint density at radius 3 is 2.56 bits per heavy atom. The van der Waals surface area contributed by atoms with Gasteiger partial charge in [0.25, 0.3) is 0 Å². The first-order valence-corrected chi connectivity index (χ1v) is 6.05. The predicted octanol–water partition coefficient (Wildman–Crippen LogP) is 4.65. The highest BCUT2D eigenvalue weighted by atomic mass is 35.5. The summed E-state index contributed by atoms with van der Waals surface area (Å²) in [7, 11) is 0. The van der Waals surface area contributed by atoms with Crippen molar-refractivity contribution in [1.82, 2.24) is 0 Å². The van der Waals surface area contributed by atoms with Crippen molar-refractivity contribution in [2.24, 2.45) is 0 Å². The van der Waals surface area contributed by atoms with Gasteiger partial charge in [-0.05, 0) is 18.6 Å². The molecule has 92 valence electrons. The van der Waals surface area contributed by atoms with E-state index in [0.717, 1.165) is 4.88 Å². The summed E-state index contributed by atoms with van der Waals surface area (Å²) in [6, 6.07) is 3.46. The summed E-state index contributed by atoms with van der Waals surface area (Å²) in [5.41, 5.74) is 0. The van der Waals surface area contributed by atoms with E-state index in [0.29, 0.717) is 10.8 Å². The Morgan fingerprint density at radius 2 is 2.06 bits per heavy atom. The van der Waals surface area contributed by atoms with Crippen molar-refractivity contribution in [3.63, 3.8) is 0 Å². The predicted molar refractivity (Wildman–Crippen MR) is 59.4 cm³/mol. The minimum atomic E-state index is -4.28. The summed E-state index contributed by atoms with van der Waals surface area (Å²) in [5.74, 6) is 0. The lowest BCUT2D eigenvalue weighted by Gasteiger charge is -2.09. The Kier molecular flexibility index (Phi) is 5.37. The van der Waals surface area contributed by atoms with Gasteiger partial charge >= 0.3 is 6.18 Å². The van der Waals surface area contributed by atoms with E-state index in [1.165, 1.54) is 11.3 Å². The van der Waals surface area contributed by atoms with Gasteiger partial charge in [-0.25, -0.2) is 0 Å². The number of rotatable bonds is 5. The zero-order chi connectivity index (χ0) is 12.2. The standard InChI is InChI=1S/C9H9Cl2F3OS/c10-6(7-1-2-8(11)16-7)3-4-15-5-9(12,13)14/h1-2,6H,3-5H2. The zero-order valence-electron chi connectivity index (χ0n) is 8.06. The molecule has 0 aliphatic carbocycles. The van der Waals surface area contributed by atoms with E-state index in [1.54, 1.807) is 12.1 Å². The van der Waals surface area contributed by atoms with E-state index in [2.05, 4.69) is 4.74 Å². The number of halogens is 5. The zero-order valence-corrected chi connectivity index (χ0v) is 10.4. The Balaban J connectivity index is 2.23. The van der Waals surface area contributed by atoms with Crippen LogP contribution in [0.5, 0.6) is 0 Å². The van der Waals surface area contributed by atoms with Crippen LogP contribution in [0.4, 0.5) is 13.2 Å². The average Bonchev–Trinajstić information content (AvgIpc) is 2.57. The minimum Gasteiger partial charge on any atom is -0.372 e. The summed E-state index contributed by atoms with van der Waals surface area (Å²) in [6.45, 7) is -1.26. The maximum atomic E-state index is 11.7. The fraction of sp³-hybridized carbons (Fsp3) is 0.556. The van der Waals surface area contributed by atoms with Crippen LogP contribution >= 0.6 is 34.5 Å². The third-order valence-electron chi connectivity index (χ3n) is 1.68. The molecule has 1 aromatic rings. The van der Waals surface area contributed by atoms with Gasteiger partial charge in [-0.3, -0.25) is 0 Å². The molecule has 1 unspecified atom stereocenters. The molecule has 1 heterocycles. The first-order valence-electron chi connectivity index (χ1n) is 4.42. The molecule has 0 fully saturated rings. The number of hydrogen-bond acceptors (Lipinski definition) is 2.